The molecule has 1 aromatic carbocycles. The van der Waals surface area contributed by atoms with Crippen LogP contribution in [0.15, 0.2) is 30.3 Å². The molecule has 15 heavy (non-hydrogen) atoms. The second-order valence-corrected chi connectivity index (χ2v) is 3.56. The van der Waals surface area contributed by atoms with Gasteiger partial charge in [0.15, 0.2) is 5.78 Å². The fraction of sp³-hybridized carbons (Fsp3) is 0.333. The molecule has 80 valence electrons. The van der Waals surface area contributed by atoms with Gasteiger partial charge in [0, 0.05) is 17.9 Å². The molecule has 0 aliphatic heterocycles. The quantitative estimate of drug-likeness (QED) is 0.752. The zero-order valence-electron chi connectivity index (χ0n) is 8.64. The highest BCUT2D eigenvalue weighted by Crippen LogP contribution is 2.13. The van der Waals surface area contributed by atoms with Crippen molar-refractivity contribution in [2.75, 3.05) is 0 Å². The first kappa shape index (κ1) is 11.4. The molecule has 1 N–H and O–H groups in total. The summed E-state index contributed by atoms with van der Waals surface area (Å²) in [5, 5.41) is 8.50. The summed E-state index contributed by atoms with van der Waals surface area (Å²) in [6.45, 7) is 1.76. The van der Waals surface area contributed by atoms with Crippen molar-refractivity contribution in [2.24, 2.45) is 5.92 Å². The van der Waals surface area contributed by atoms with Crippen LogP contribution in [0.3, 0.4) is 0 Å². The smallest absolute Gasteiger partial charge is 0.303 e. The van der Waals surface area contributed by atoms with Gasteiger partial charge in [0.05, 0.1) is 0 Å². The van der Waals surface area contributed by atoms with Gasteiger partial charge in [0.2, 0.25) is 0 Å². The zero-order valence-corrected chi connectivity index (χ0v) is 8.64. The van der Waals surface area contributed by atoms with Crippen LogP contribution in [0.2, 0.25) is 0 Å². The number of hydrogen-bond donors (Lipinski definition) is 1. The van der Waals surface area contributed by atoms with E-state index in [1.54, 1.807) is 31.2 Å². The van der Waals surface area contributed by atoms with E-state index in [2.05, 4.69) is 0 Å². The Labute approximate surface area is 88.7 Å². The summed E-state index contributed by atoms with van der Waals surface area (Å²) in [6, 6.07) is 8.95. The van der Waals surface area contributed by atoms with Crippen molar-refractivity contribution < 1.29 is 14.7 Å². The van der Waals surface area contributed by atoms with Crippen LogP contribution in [-0.4, -0.2) is 16.9 Å². The van der Waals surface area contributed by atoms with Gasteiger partial charge in [0.25, 0.3) is 0 Å². The topological polar surface area (TPSA) is 54.4 Å². The molecule has 0 aliphatic carbocycles. The third-order valence-corrected chi connectivity index (χ3v) is 2.30. The van der Waals surface area contributed by atoms with Crippen LogP contribution in [-0.2, 0) is 4.79 Å². The van der Waals surface area contributed by atoms with Crippen LogP contribution in [0.5, 0.6) is 0 Å². The first-order chi connectivity index (χ1) is 7.11. The Balaban J connectivity index is 2.57. The molecule has 0 heterocycles. The molecule has 3 nitrogen and oxygen atoms in total. The maximum absolute atomic E-state index is 11.8. The minimum absolute atomic E-state index is 0.0110. The van der Waals surface area contributed by atoms with E-state index in [0.29, 0.717) is 12.0 Å². The fourth-order valence-corrected chi connectivity index (χ4v) is 1.36. The van der Waals surface area contributed by atoms with Gasteiger partial charge in [-0.05, 0) is 6.42 Å². The van der Waals surface area contributed by atoms with E-state index >= 15 is 0 Å². The van der Waals surface area contributed by atoms with E-state index < -0.39 is 5.97 Å². The Hall–Kier alpha value is -1.64. The molecule has 1 rings (SSSR count). The second kappa shape index (κ2) is 5.29. The molecule has 0 bridgehead atoms. The second-order valence-electron chi connectivity index (χ2n) is 3.56. The van der Waals surface area contributed by atoms with E-state index in [1.165, 1.54) is 0 Å². The lowest BCUT2D eigenvalue weighted by Gasteiger charge is -2.08. The number of rotatable bonds is 5. The molecule has 3 heteroatoms. The molecule has 0 aliphatic rings. The molecule has 0 fully saturated rings. The summed E-state index contributed by atoms with van der Waals surface area (Å²) in [7, 11) is 0. The minimum Gasteiger partial charge on any atom is -0.481 e. The summed E-state index contributed by atoms with van der Waals surface area (Å²) >= 11 is 0. The molecular weight excluding hydrogens is 192 g/mol. The molecule has 0 amide bonds. The average Bonchev–Trinajstić information content (AvgIpc) is 2.26. The average molecular weight is 206 g/mol. The summed E-state index contributed by atoms with van der Waals surface area (Å²) in [5.74, 6) is -1.08. The third-order valence-electron chi connectivity index (χ3n) is 2.30. The lowest BCUT2D eigenvalue weighted by molar-refractivity contribution is -0.137. The lowest BCUT2D eigenvalue weighted by Crippen LogP contribution is -2.12. The van der Waals surface area contributed by atoms with Gasteiger partial charge in [-0.1, -0.05) is 37.3 Å². The monoisotopic (exact) mass is 206 g/mol. The number of carbonyl (C=O) groups is 2. The van der Waals surface area contributed by atoms with Crippen molar-refractivity contribution in [1.29, 1.82) is 0 Å². The SMILES string of the molecule is CC(CCC(=O)O)C(=O)c1ccccc1. The fourth-order valence-electron chi connectivity index (χ4n) is 1.36. The summed E-state index contributed by atoms with van der Waals surface area (Å²) in [4.78, 5) is 22.1. The number of hydrogen-bond acceptors (Lipinski definition) is 2. The molecule has 0 saturated carbocycles. The van der Waals surface area contributed by atoms with Crippen LogP contribution in [0.25, 0.3) is 0 Å². The molecule has 0 radical (unpaired) electrons. The standard InChI is InChI=1S/C12H14O3/c1-9(7-8-11(13)14)12(15)10-5-3-2-4-6-10/h2-6,9H,7-8H2,1H3,(H,13,14). The largest absolute Gasteiger partial charge is 0.481 e. The summed E-state index contributed by atoms with van der Waals surface area (Å²) in [6.07, 6.45) is 0.433. The lowest BCUT2D eigenvalue weighted by atomic mass is 9.95. The predicted molar refractivity (Wildman–Crippen MR) is 56.8 cm³/mol. The normalized spacial score (nSPS) is 12.1. The maximum atomic E-state index is 11.8. The number of ketones is 1. The van der Waals surface area contributed by atoms with E-state index in [9.17, 15) is 9.59 Å². The highest BCUT2D eigenvalue weighted by atomic mass is 16.4. The highest BCUT2D eigenvalue weighted by molar-refractivity contribution is 5.97. The Morgan fingerprint density at radius 1 is 1.27 bits per heavy atom. The number of carbonyl (C=O) groups excluding carboxylic acids is 1. The van der Waals surface area contributed by atoms with E-state index in [0.717, 1.165) is 0 Å². The van der Waals surface area contributed by atoms with Crippen molar-refractivity contribution in [3.63, 3.8) is 0 Å². The summed E-state index contributed by atoms with van der Waals surface area (Å²) in [5.41, 5.74) is 0.649. The van der Waals surface area contributed by atoms with Crippen LogP contribution in [0.4, 0.5) is 0 Å². The molecule has 1 aromatic rings. The highest BCUT2D eigenvalue weighted by Gasteiger charge is 2.15. The van der Waals surface area contributed by atoms with Crippen molar-refractivity contribution in [1.82, 2.24) is 0 Å². The first-order valence-electron chi connectivity index (χ1n) is 4.92. The number of carboxylic acid groups (broad SMARTS) is 1. The third kappa shape index (κ3) is 3.54. The molecular formula is C12H14O3. The van der Waals surface area contributed by atoms with E-state index in [4.69, 9.17) is 5.11 Å². The van der Waals surface area contributed by atoms with Crippen molar-refractivity contribution in [2.45, 2.75) is 19.8 Å². The van der Waals surface area contributed by atoms with Gasteiger partial charge >= 0.3 is 5.97 Å². The van der Waals surface area contributed by atoms with E-state index in [1.807, 2.05) is 6.07 Å². The van der Waals surface area contributed by atoms with Gasteiger partial charge in [0.1, 0.15) is 0 Å². The Kier molecular flexibility index (Phi) is 4.03. The van der Waals surface area contributed by atoms with Crippen LogP contribution in [0.1, 0.15) is 30.1 Å². The minimum atomic E-state index is -0.859. The van der Waals surface area contributed by atoms with Gasteiger partial charge in [-0.2, -0.15) is 0 Å². The molecule has 0 aromatic heterocycles. The Bertz CT molecular complexity index is 343. The van der Waals surface area contributed by atoms with Gasteiger partial charge in [-0.15, -0.1) is 0 Å². The van der Waals surface area contributed by atoms with Gasteiger partial charge < -0.3 is 5.11 Å². The van der Waals surface area contributed by atoms with E-state index in [-0.39, 0.29) is 18.1 Å². The van der Waals surface area contributed by atoms with Crippen LogP contribution >= 0.6 is 0 Å². The van der Waals surface area contributed by atoms with Crippen LogP contribution < -0.4 is 0 Å². The number of benzene rings is 1. The van der Waals surface area contributed by atoms with Crippen molar-refractivity contribution in [3.8, 4) is 0 Å². The number of carboxylic acids is 1. The van der Waals surface area contributed by atoms with Gasteiger partial charge in [-0.25, -0.2) is 0 Å². The van der Waals surface area contributed by atoms with Crippen molar-refractivity contribution in [3.05, 3.63) is 35.9 Å². The number of Topliss-reactive ketones (excluding diaryl/α,β-unsaturated/α-hetero) is 1. The summed E-state index contributed by atoms with van der Waals surface area (Å²) < 4.78 is 0. The molecule has 1 unspecified atom stereocenters. The Morgan fingerprint density at radius 2 is 1.87 bits per heavy atom. The predicted octanol–water partition coefficient (Wildman–Crippen LogP) is 2.37. The van der Waals surface area contributed by atoms with Crippen molar-refractivity contribution >= 4 is 11.8 Å². The number of aliphatic carboxylic acids is 1. The van der Waals surface area contributed by atoms with Gasteiger partial charge in [-0.3, -0.25) is 9.59 Å². The first-order valence-corrected chi connectivity index (χ1v) is 4.92. The molecule has 1 atom stereocenters. The molecule has 0 spiro atoms. The zero-order chi connectivity index (χ0) is 11.3. The molecule has 0 saturated heterocycles. The maximum Gasteiger partial charge on any atom is 0.303 e. The Morgan fingerprint density at radius 3 is 2.40 bits per heavy atom. The van der Waals surface area contributed by atoms with Crippen LogP contribution in [0, 0.1) is 5.92 Å².